The van der Waals surface area contributed by atoms with Gasteiger partial charge in [-0.3, -0.25) is 9.36 Å². The number of nitrogens with zero attached hydrogens (tertiary/aromatic N) is 4. The Bertz CT molecular complexity index is 1210. The largest absolute Gasteiger partial charge is 0.480 e. The fourth-order valence-electron chi connectivity index (χ4n) is 4.44. The minimum absolute atomic E-state index is 0.228. The van der Waals surface area contributed by atoms with Crippen molar-refractivity contribution in [2.24, 2.45) is 16.8 Å². The Balaban J connectivity index is 1.51. The minimum Gasteiger partial charge on any atom is -0.480 e. The third-order valence-corrected chi connectivity index (χ3v) is 7.82. The van der Waals surface area contributed by atoms with Crippen LogP contribution in [0.3, 0.4) is 0 Å². The van der Waals surface area contributed by atoms with Crippen molar-refractivity contribution in [1.29, 1.82) is 0 Å². The van der Waals surface area contributed by atoms with Gasteiger partial charge in [0.05, 0.1) is 6.04 Å². The fraction of sp³-hybridized carbons (Fsp3) is 0.542. The number of carbonyl (C=O) groups is 1. The average molecular weight is 502 g/mol. The van der Waals surface area contributed by atoms with Crippen molar-refractivity contribution >= 4 is 34.6 Å². The standard InChI is InChI=1S/C24H31N5O5S/c1-4-28-22(32)27-21(29(24(28)33)13-16-7-5-14(2)6-8-16)26-17-9-11-18(12-10-17)34-23-25-15(3)19(35-23)20(30)31/h9-12,14-16,19H,4-8,13H2,1-3H3,(H,30,31)(H,26,27,32). The van der Waals surface area contributed by atoms with E-state index in [4.69, 9.17) is 4.74 Å². The van der Waals surface area contributed by atoms with Crippen LogP contribution in [0.5, 0.6) is 5.75 Å². The number of benzene rings is 1. The molecular weight excluding hydrogens is 470 g/mol. The molecule has 1 aliphatic carbocycles. The summed E-state index contributed by atoms with van der Waals surface area (Å²) in [6.45, 7) is 6.53. The van der Waals surface area contributed by atoms with Crippen molar-refractivity contribution in [3.05, 3.63) is 45.2 Å². The molecule has 2 atom stereocenters. The average Bonchev–Trinajstić information content (AvgIpc) is 3.19. The first-order valence-corrected chi connectivity index (χ1v) is 12.9. The van der Waals surface area contributed by atoms with Gasteiger partial charge in [-0.15, -0.1) is 0 Å². The highest BCUT2D eigenvalue weighted by molar-refractivity contribution is 8.15. The Labute approximate surface area is 207 Å². The number of carboxylic acids is 1. The summed E-state index contributed by atoms with van der Waals surface area (Å²) >= 11 is 1.08. The van der Waals surface area contributed by atoms with E-state index in [9.17, 15) is 19.5 Å². The van der Waals surface area contributed by atoms with Gasteiger partial charge in [0.2, 0.25) is 5.95 Å². The van der Waals surface area contributed by atoms with Crippen LogP contribution in [0.2, 0.25) is 0 Å². The molecule has 1 saturated carbocycles. The molecule has 2 N–H and O–H groups in total. The van der Waals surface area contributed by atoms with Gasteiger partial charge < -0.3 is 15.2 Å². The second-order valence-electron chi connectivity index (χ2n) is 9.25. The first-order valence-electron chi connectivity index (χ1n) is 12.0. The number of aliphatic imine (C=N–C) groups is 1. The highest BCUT2D eigenvalue weighted by Crippen LogP contribution is 2.31. The number of ether oxygens (including phenoxy) is 1. The van der Waals surface area contributed by atoms with Crippen LogP contribution in [0, 0.1) is 11.8 Å². The number of nitrogens with one attached hydrogen (secondary N) is 1. The smallest absolute Gasteiger partial charge is 0.354 e. The molecule has 2 heterocycles. The Morgan fingerprint density at radius 2 is 1.83 bits per heavy atom. The summed E-state index contributed by atoms with van der Waals surface area (Å²) in [5.41, 5.74) is -0.291. The summed E-state index contributed by atoms with van der Waals surface area (Å²) < 4.78 is 8.46. The molecule has 0 saturated heterocycles. The van der Waals surface area contributed by atoms with E-state index < -0.39 is 16.9 Å². The SMILES string of the molecule is CCn1c(=O)nc(Nc2ccc(OC3=NC(C)C(C(=O)O)S3)cc2)n(CC2CCC(C)CC2)c1=O. The van der Waals surface area contributed by atoms with Crippen molar-refractivity contribution < 1.29 is 14.6 Å². The molecule has 10 nitrogen and oxygen atoms in total. The second-order valence-corrected chi connectivity index (χ2v) is 10.3. The summed E-state index contributed by atoms with van der Waals surface area (Å²) in [6.07, 6.45) is 4.38. The Kier molecular flexibility index (Phi) is 7.63. The predicted molar refractivity (Wildman–Crippen MR) is 136 cm³/mol. The molecule has 0 spiro atoms. The molecule has 1 fully saturated rings. The molecule has 1 aliphatic heterocycles. The van der Waals surface area contributed by atoms with Crippen LogP contribution in [-0.4, -0.2) is 41.7 Å². The number of hydrogen-bond acceptors (Lipinski definition) is 8. The lowest BCUT2D eigenvalue weighted by molar-refractivity contribution is -0.136. The molecule has 0 amide bonds. The topological polar surface area (TPSA) is 128 Å². The van der Waals surface area contributed by atoms with Gasteiger partial charge in [0.1, 0.15) is 11.0 Å². The number of anilines is 2. The third kappa shape index (κ3) is 5.77. The monoisotopic (exact) mass is 501 g/mol. The van der Waals surface area contributed by atoms with Crippen molar-refractivity contribution in [1.82, 2.24) is 14.1 Å². The van der Waals surface area contributed by atoms with Gasteiger partial charge in [0.15, 0.2) is 0 Å². The van der Waals surface area contributed by atoms with Crippen LogP contribution in [0.1, 0.15) is 46.5 Å². The van der Waals surface area contributed by atoms with E-state index in [1.165, 1.54) is 0 Å². The number of hydrogen-bond donors (Lipinski definition) is 2. The van der Waals surface area contributed by atoms with Gasteiger partial charge in [-0.2, -0.15) is 4.98 Å². The quantitative estimate of drug-likeness (QED) is 0.591. The molecule has 2 aliphatic rings. The summed E-state index contributed by atoms with van der Waals surface area (Å²) in [5.74, 6) is 0.881. The highest BCUT2D eigenvalue weighted by Gasteiger charge is 2.34. The van der Waals surface area contributed by atoms with Gasteiger partial charge in [0, 0.05) is 18.8 Å². The lowest BCUT2D eigenvalue weighted by Gasteiger charge is -2.27. The molecule has 1 aromatic heterocycles. The number of thioether (sulfide) groups is 1. The fourth-order valence-corrected chi connectivity index (χ4v) is 5.39. The maximum Gasteiger partial charge on any atom is 0.354 e. The van der Waals surface area contributed by atoms with Gasteiger partial charge >= 0.3 is 17.3 Å². The molecule has 1 aromatic carbocycles. The van der Waals surface area contributed by atoms with E-state index in [2.05, 4.69) is 22.2 Å². The molecule has 2 unspecified atom stereocenters. The van der Waals surface area contributed by atoms with Crippen LogP contribution in [0.15, 0.2) is 38.8 Å². The number of rotatable bonds is 7. The van der Waals surface area contributed by atoms with E-state index in [0.29, 0.717) is 35.0 Å². The minimum atomic E-state index is -0.921. The molecule has 4 rings (SSSR count). The summed E-state index contributed by atoms with van der Waals surface area (Å²) in [5, 5.41) is 12.0. The number of aliphatic carboxylic acids is 1. The predicted octanol–water partition coefficient (Wildman–Crippen LogP) is 3.32. The van der Waals surface area contributed by atoms with Crippen LogP contribution in [0.4, 0.5) is 11.6 Å². The van der Waals surface area contributed by atoms with E-state index >= 15 is 0 Å². The van der Waals surface area contributed by atoms with E-state index in [1.54, 1.807) is 42.7 Å². The molecule has 0 radical (unpaired) electrons. The molecular formula is C24H31N5O5S. The first-order chi connectivity index (χ1) is 16.7. The molecule has 0 bridgehead atoms. The van der Waals surface area contributed by atoms with Crippen LogP contribution in [-0.2, 0) is 17.9 Å². The Hall–Kier alpha value is -3.08. The Morgan fingerprint density at radius 1 is 1.14 bits per heavy atom. The summed E-state index contributed by atoms with van der Waals surface area (Å²) in [6, 6.07) is 6.55. The summed E-state index contributed by atoms with van der Waals surface area (Å²) in [4.78, 5) is 45.2. The lowest BCUT2D eigenvalue weighted by Crippen LogP contribution is -2.43. The van der Waals surface area contributed by atoms with E-state index in [-0.39, 0.29) is 24.2 Å². The maximum absolute atomic E-state index is 13.1. The zero-order valence-electron chi connectivity index (χ0n) is 20.1. The van der Waals surface area contributed by atoms with Crippen molar-refractivity contribution in [2.75, 3.05) is 5.32 Å². The zero-order valence-corrected chi connectivity index (χ0v) is 21.0. The normalized spacial score (nSPS) is 24.1. The lowest BCUT2D eigenvalue weighted by atomic mass is 9.83. The molecule has 35 heavy (non-hydrogen) atoms. The summed E-state index contributed by atoms with van der Waals surface area (Å²) in [7, 11) is 0. The van der Waals surface area contributed by atoms with Gasteiger partial charge in [-0.25, -0.2) is 19.1 Å². The Morgan fingerprint density at radius 3 is 2.43 bits per heavy atom. The van der Waals surface area contributed by atoms with Gasteiger partial charge in [-0.05, 0) is 74.6 Å². The van der Waals surface area contributed by atoms with Gasteiger partial charge in [-0.1, -0.05) is 19.8 Å². The molecule has 188 valence electrons. The van der Waals surface area contributed by atoms with Crippen LogP contribution < -0.4 is 21.4 Å². The van der Waals surface area contributed by atoms with E-state index in [1.807, 2.05) is 0 Å². The third-order valence-electron chi connectivity index (χ3n) is 6.58. The van der Waals surface area contributed by atoms with Crippen LogP contribution >= 0.6 is 11.8 Å². The maximum atomic E-state index is 13.1. The first kappa shape index (κ1) is 25.0. The van der Waals surface area contributed by atoms with Crippen molar-refractivity contribution in [2.45, 2.75) is 70.8 Å². The van der Waals surface area contributed by atoms with Crippen LogP contribution in [0.25, 0.3) is 0 Å². The van der Waals surface area contributed by atoms with E-state index in [0.717, 1.165) is 42.0 Å². The number of aromatic nitrogens is 3. The van der Waals surface area contributed by atoms with Crippen molar-refractivity contribution in [3.63, 3.8) is 0 Å². The second kappa shape index (κ2) is 10.7. The van der Waals surface area contributed by atoms with Crippen molar-refractivity contribution in [3.8, 4) is 5.75 Å². The number of carboxylic acid groups (broad SMARTS) is 1. The molecule has 2 aromatic rings. The van der Waals surface area contributed by atoms with Gasteiger partial charge in [0.25, 0.3) is 5.23 Å². The molecule has 11 heteroatoms. The highest BCUT2D eigenvalue weighted by atomic mass is 32.2. The zero-order chi connectivity index (χ0) is 25.1.